The Morgan fingerprint density at radius 1 is 1.00 bits per heavy atom. The van der Waals surface area contributed by atoms with Crippen LogP contribution in [0.5, 0.6) is 0 Å². The van der Waals surface area contributed by atoms with Crippen LogP contribution in [0.4, 0.5) is 0 Å². The first kappa shape index (κ1) is 21.6. The average Bonchev–Trinajstić information content (AvgIpc) is 3.33. The van der Waals surface area contributed by atoms with Crippen molar-refractivity contribution in [2.75, 3.05) is 33.2 Å². The number of carbonyl (C=O) groups excluding carboxylic acids is 1. The maximum Gasteiger partial charge on any atom is 0.228 e. The molecule has 6 rings (SSSR count). The lowest BCUT2D eigenvalue weighted by molar-refractivity contribution is 0.103. The van der Waals surface area contributed by atoms with Gasteiger partial charge in [0.1, 0.15) is 0 Å². The molecule has 0 aliphatic carbocycles. The number of likely N-dealkylation sites (N-methyl/N-ethyl adjacent to an activating group) is 1. The smallest absolute Gasteiger partial charge is 0.228 e. The number of piperazine rings is 1. The zero-order chi connectivity index (χ0) is 23.8. The van der Waals surface area contributed by atoms with Gasteiger partial charge in [-0.25, -0.2) is 4.98 Å². The zero-order valence-electron chi connectivity index (χ0n) is 19.6. The number of carbonyl (C=O) groups is 1. The molecule has 1 aliphatic heterocycles. The second-order valence-corrected chi connectivity index (χ2v) is 9.18. The normalized spacial score (nSPS) is 15.1. The number of pyridine rings is 2. The highest BCUT2D eigenvalue weighted by Gasteiger charge is 2.18. The molecule has 0 amide bonds. The van der Waals surface area contributed by atoms with Gasteiger partial charge in [0.05, 0.1) is 16.7 Å². The number of fused-ring (bicyclic) bond motifs is 2. The van der Waals surface area contributed by atoms with E-state index in [0.717, 1.165) is 60.1 Å². The van der Waals surface area contributed by atoms with Crippen LogP contribution in [-0.2, 0) is 6.54 Å². The predicted molar refractivity (Wildman–Crippen MR) is 137 cm³/mol. The Kier molecular flexibility index (Phi) is 5.56. The van der Waals surface area contributed by atoms with Gasteiger partial charge in [-0.1, -0.05) is 30.3 Å². The van der Waals surface area contributed by atoms with Gasteiger partial charge in [0, 0.05) is 67.8 Å². The van der Waals surface area contributed by atoms with Gasteiger partial charge >= 0.3 is 0 Å². The van der Waals surface area contributed by atoms with E-state index in [0.29, 0.717) is 17.1 Å². The second-order valence-electron chi connectivity index (χ2n) is 9.18. The van der Waals surface area contributed by atoms with Gasteiger partial charge in [0.2, 0.25) is 5.78 Å². The summed E-state index contributed by atoms with van der Waals surface area (Å²) in [5, 5.41) is 2.09. The molecule has 174 valence electrons. The summed E-state index contributed by atoms with van der Waals surface area (Å²) in [6, 6.07) is 17.8. The molecule has 4 heterocycles. The monoisotopic (exact) mass is 462 g/mol. The number of benzene rings is 2. The number of ketones is 1. The van der Waals surface area contributed by atoms with Gasteiger partial charge in [-0.2, -0.15) is 0 Å². The molecule has 2 aromatic carbocycles. The van der Waals surface area contributed by atoms with Crippen molar-refractivity contribution in [2.24, 2.45) is 0 Å². The molecule has 1 fully saturated rings. The fraction of sp³-hybridized carbons (Fsp3) is 0.214. The first-order chi connectivity index (χ1) is 17.1. The van der Waals surface area contributed by atoms with Crippen LogP contribution in [0.25, 0.3) is 33.1 Å². The Bertz CT molecular complexity index is 1530. The first-order valence-electron chi connectivity index (χ1n) is 11.9. The van der Waals surface area contributed by atoms with Gasteiger partial charge in [-0.05, 0) is 42.3 Å². The lowest BCUT2D eigenvalue weighted by Gasteiger charge is -2.32. The minimum Gasteiger partial charge on any atom is -0.335 e. The molecule has 3 aromatic heterocycles. The van der Waals surface area contributed by atoms with Crippen molar-refractivity contribution in [1.82, 2.24) is 29.7 Å². The number of aromatic nitrogens is 4. The summed E-state index contributed by atoms with van der Waals surface area (Å²) in [6.45, 7) is 5.20. The molecule has 5 aromatic rings. The maximum absolute atomic E-state index is 13.3. The van der Waals surface area contributed by atoms with Crippen molar-refractivity contribution >= 4 is 27.6 Å². The predicted octanol–water partition coefficient (Wildman–Crippen LogP) is 4.15. The van der Waals surface area contributed by atoms with Crippen molar-refractivity contribution in [3.05, 3.63) is 90.1 Å². The molecule has 0 bridgehead atoms. The SMILES string of the molecule is CN1CCN(Cc2ccc3[nH]c(C(=O)c4ccnc(-c5cncc6ccccc56)c4)nc3c2)CC1. The summed E-state index contributed by atoms with van der Waals surface area (Å²) < 4.78 is 0. The molecule has 0 radical (unpaired) electrons. The van der Waals surface area contributed by atoms with E-state index in [1.807, 2.05) is 42.6 Å². The fourth-order valence-electron chi connectivity index (χ4n) is 4.70. The Hall–Kier alpha value is -3.94. The van der Waals surface area contributed by atoms with Crippen LogP contribution in [0.3, 0.4) is 0 Å². The number of imidazole rings is 1. The van der Waals surface area contributed by atoms with Crippen molar-refractivity contribution in [3.8, 4) is 11.3 Å². The molecule has 1 saturated heterocycles. The minimum atomic E-state index is -0.154. The van der Waals surface area contributed by atoms with Crippen LogP contribution in [-0.4, -0.2) is 68.7 Å². The lowest BCUT2D eigenvalue weighted by atomic mass is 10.0. The fourth-order valence-corrected chi connectivity index (χ4v) is 4.70. The van der Waals surface area contributed by atoms with Gasteiger partial charge in [-0.3, -0.25) is 19.7 Å². The first-order valence-corrected chi connectivity index (χ1v) is 11.9. The van der Waals surface area contributed by atoms with Crippen LogP contribution in [0.15, 0.2) is 73.2 Å². The van der Waals surface area contributed by atoms with Crippen LogP contribution in [0.1, 0.15) is 21.7 Å². The minimum absolute atomic E-state index is 0.154. The van der Waals surface area contributed by atoms with Gasteiger partial charge in [0.15, 0.2) is 5.82 Å². The molecule has 0 saturated carbocycles. The molecule has 0 atom stereocenters. The van der Waals surface area contributed by atoms with Crippen LogP contribution in [0, 0.1) is 0 Å². The molecule has 7 nitrogen and oxygen atoms in total. The molecule has 0 spiro atoms. The number of hydrogen-bond acceptors (Lipinski definition) is 6. The zero-order valence-corrected chi connectivity index (χ0v) is 19.6. The quantitative estimate of drug-likeness (QED) is 0.396. The number of hydrogen-bond donors (Lipinski definition) is 1. The summed E-state index contributed by atoms with van der Waals surface area (Å²) in [5.74, 6) is 0.184. The van der Waals surface area contributed by atoms with Gasteiger partial charge < -0.3 is 9.88 Å². The number of aromatic amines is 1. The van der Waals surface area contributed by atoms with E-state index in [-0.39, 0.29) is 5.78 Å². The molecule has 35 heavy (non-hydrogen) atoms. The second kappa shape index (κ2) is 9.02. The van der Waals surface area contributed by atoms with E-state index in [1.54, 1.807) is 18.5 Å². The van der Waals surface area contributed by atoms with Crippen molar-refractivity contribution in [1.29, 1.82) is 0 Å². The number of H-pyrrole nitrogens is 1. The highest BCUT2D eigenvalue weighted by Crippen LogP contribution is 2.27. The van der Waals surface area contributed by atoms with Gasteiger partial charge in [-0.15, -0.1) is 0 Å². The summed E-state index contributed by atoms with van der Waals surface area (Å²) in [6.07, 6.45) is 5.30. The van der Waals surface area contributed by atoms with E-state index in [1.165, 1.54) is 5.56 Å². The number of rotatable bonds is 5. The highest BCUT2D eigenvalue weighted by molar-refractivity contribution is 6.08. The molecular weight excluding hydrogens is 436 g/mol. The largest absolute Gasteiger partial charge is 0.335 e. The standard InChI is InChI=1S/C28H26N6O/c1-33-10-12-34(13-11-33)18-19-6-7-24-26(14-19)32-28(31-24)27(35)20-8-9-30-25(15-20)23-17-29-16-21-4-2-3-5-22(21)23/h2-9,14-17H,10-13,18H2,1H3,(H,31,32). The number of nitrogens with one attached hydrogen (secondary N) is 1. The number of nitrogens with zero attached hydrogens (tertiary/aromatic N) is 5. The van der Waals surface area contributed by atoms with E-state index >= 15 is 0 Å². The third kappa shape index (κ3) is 4.32. The Balaban J connectivity index is 1.27. The van der Waals surface area contributed by atoms with E-state index in [4.69, 9.17) is 0 Å². The van der Waals surface area contributed by atoms with E-state index < -0.39 is 0 Å². The maximum atomic E-state index is 13.3. The van der Waals surface area contributed by atoms with Crippen molar-refractivity contribution < 1.29 is 4.79 Å². The Labute approximate surface area is 203 Å². The third-order valence-corrected chi connectivity index (χ3v) is 6.73. The summed E-state index contributed by atoms with van der Waals surface area (Å²) in [4.78, 5) is 34.9. The van der Waals surface area contributed by atoms with Crippen LogP contribution < -0.4 is 0 Å². The average molecular weight is 463 g/mol. The van der Waals surface area contributed by atoms with Crippen LogP contribution >= 0.6 is 0 Å². The van der Waals surface area contributed by atoms with E-state index in [2.05, 4.69) is 48.9 Å². The third-order valence-electron chi connectivity index (χ3n) is 6.73. The Morgan fingerprint density at radius 2 is 1.86 bits per heavy atom. The summed E-state index contributed by atoms with van der Waals surface area (Å²) in [7, 11) is 2.16. The summed E-state index contributed by atoms with van der Waals surface area (Å²) in [5.41, 5.74) is 5.04. The Morgan fingerprint density at radius 3 is 2.74 bits per heavy atom. The van der Waals surface area contributed by atoms with Crippen molar-refractivity contribution in [2.45, 2.75) is 6.54 Å². The molecular formula is C28H26N6O. The molecule has 1 aliphatic rings. The summed E-state index contributed by atoms with van der Waals surface area (Å²) >= 11 is 0. The van der Waals surface area contributed by atoms with Crippen molar-refractivity contribution in [3.63, 3.8) is 0 Å². The highest BCUT2D eigenvalue weighted by atomic mass is 16.1. The molecule has 0 unspecified atom stereocenters. The molecule has 1 N–H and O–H groups in total. The van der Waals surface area contributed by atoms with Crippen LogP contribution in [0.2, 0.25) is 0 Å². The lowest BCUT2D eigenvalue weighted by Crippen LogP contribution is -2.43. The molecule has 7 heteroatoms. The van der Waals surface area contributed by atoms with E-state index in [9.17, 15) is 4.79 Å². The topological polar surface area (TPSA) is 78.0 Å². The van der Waals surface area contributed by atoms with Gasteiger partial charge in [0.25, 0.3) is 0 Å².